The minimum absolute atomic E-state index is 0.0123. The molecule has 0 saturated heterocycles. The monoisotopic (exact) mass is 263 g/mol. The van der Waals surface area contributed by atoms with E-state index in [1.165, 1.54) is 6.42 Å². The lowest BCUT2D eigenvalue weighted by molar-refractivity contribution is 0.152. The summed E-state index contributed by atoms with van der Waals surface area (Å²) in [5.74, 6) is 0.219. The molecule has 104 valence electrons. The Morgan fingerprint density at radius 1 is 1.21 bits per heavy atom. The molecule has 5 nitrogen and oxygen atoms in total. The van der Waals surface area contributed by atoms with Crippen LogP contribution >= 0.6 is 0 Å². The van der Waals surface area contributed by atoms with E-state index in [4.69, 9.17) is 10.5 Å². The average Bonchev–Trinajstić information content (AvgIpc) is 3.22. The molecule has 1 heterocycles. The first-order valence-corrected chi connectivity index (χ1v) is 7.25. The first kappa shape index (κ1) is 12.7. The molecule has 1 aromatic rings. The fourth-order valence-corrected chi connectivity index (χ4v) is 2.72. The SMILES string of the molecule is NC1CCCCCC1Oc1nccn(C2CC2)c1=O. The molecule has 2 unspecified atom stereocenters. The van der Waals surface area contributed by atoms with Crippen LogP contribution in [0.1, 0.15) is 51.0 Å². The van der Waals surface area contributed by atoms with E-state index < -0.39 is 0 Å². The molecule has 0 aliphatic heterocycles. The highest BCUT2D eigenvalue weighted by atomic mass is 16.5. The fourth-order valence-electron chi connectivity index (χ4n) is 2.72. The quantitative estimate of drug-likeness (QED) is 0.841. The Morgan fingerprint density at radius 2 is 2.00 bits per heavy atom. The van der Waals surface area contributed by atoms with Crippen molar-refractivity contribution in [3.05, 3.63) is 22.7 Å². The van der Waals surface area contributed by atoms with Crippen molar-refractivity contribution in [2.75, 3.05) is 0 Å². The third-order valence-corrected chi connectivity index (χ3v) is 4.04. The van der Waals surface area contributed by atoms with E-state index in [2.05, 4.69) is 4.98 Å². The van der Waals surface area contributed by atoms with E-state index in [1.54, 1.807) is 17.0 Å². The van der Waals surface area contributed by atoms with Crippen molar-refractivity contribution in [1.29, 1.82) is 0 Å². The zero-order valence-corrected chi connectivity index (χ0v) is 11.1. The maximum atomic E-state index is 12.3. The number of hydrogen-bond donors (Lipinski definition) is 1. The Morgan fingerprint density at radius 3 is 2.79 bits per heavy atom. The second-order valence-electron chi connectivity index (χ2n) is 5.63. The van der Waals surface area contributed by atoms with Crippen LogP contribution in [0.3, 0.4) is 0 Å². The molecule has 0 bridgehead atoms. The molecule has 2 N–H and O–H groups in total. The van der Waals surface area contributed by atoms with Gasteiger partial charge in [0.1, 0.15) is 6.10 Å². The first-order chi connectivity index (χ1) is 9.25. The lowest BCUT2D eigenvalue weighted by Crippen LogP contribution is -2.39. The Balaban J connectivity index is 1.78. The Labute approximate surface area is 112 Å². The van der Waals surface area contributed by atoms with Crippen LogP contribution in [0.15, 0.2) is 17.2 Å². The maximum Gasteiger partial charge on any atom is 0.313 e. The van der Waals surface area contributed by atoms with Gasteiger partial charge in [0.05, 0.1) is 0 Å². The highest BCUT2D eigenvalue weighted by Crippen LogP contribution is 2.33. The van der Waals surface area contributed by atoms with Crippen LogP contribution in [0.4, 0.5) is 0 Å². The van der Waals surface area contributed by atoms with Gasteiger partial charge < -0.3 is 15.0 Å². The lowest BCUT2D eigenvalue weighted by Gasteiger charge is -2.22. The van der Waals surface area contributed by atoms with Gasteiger partial charge in [-0.2, -0.15) is 0 Å². The Hall–Kier alpha value is -1.36. The fraction of sp³-hybridized carbons (Fsp3) is 0.714. The molecule has 2 aliphatic rings. The summed E-state index contributed by atoms with van der Waals surface area (Å²) < 4.78 is 7.57. The second kappa shape index (κ2) is 5.33. The van der Waals surface area contributed by atoms with E-state index in [9.17, 15) is 4.79 Å². The van der Waals surface area contributed by atoms with Crippen LogP contribution in [-0.2, 0) is 0 Å². The standard InChI is InChI=1S/C14H21N3O2/c15-11-4-2-1-3-5-12(11)19-13-14(18)17(9-8-16-13)10-6-7-10/h8-12H,1-7,15H2. The van der Waals surface area contributed by atoms with Crippen molar-refractivity contribution >= 4 is 0 Å². The predicted octanol–water partition coefficient (Wildman–Crippen LogP) is 1.62. The molecular weight excluding hydrogens is 242 g/mol. The summed E-state index contributed by atoms with van der Waals surface area (Å²) in [6.07, 6.45) is 10.8. The summed E-state index contributed by atoms with van der Waals surface area (Å²) in [4.78, 5) is 16.3. The molecule has 1 aromatic heterocycles. The number of nitrogens with two attached hydrogens (primary N) is 1. The van der Waals surface area contributed by atoms with E-state index >= 15 is 0 Å². The molecule has 2 atom stereocenters. The number of aromatic nitrogens is 2. The predicted molar refractivity (Wildman–Crippen MR) is 72.2 cm³/mol. The van der Waals surface area contributed by atoms with Crippen molar-refractivity contribution in [3.8, 4) is 5.88 Å². The van der Waals surface area contributed by atoms with Crippen LogP contribution in [0.5, 0.6) is 5.88 Å². The molecule has 0 radical (unpaired) electrons. The topological polar surface area (TPSA) is 70.1 Å². The molecule has 19 heavy (non-hydrogen) atoms. The van der Waals surface area contributed by atoms with E-state index in [-0.39, 0.29) is 23.6 Å². The van der Waals surface area contributed by atoms with Gasteiger partial charge in [0.25, 0.3) is 5.88 Å². The number of hydrogen-bond acceptors (Lipinski definition) is 4. The van der Waals surface area contributed by atoms with Crippen molar-refractivity contribution in [1.82, 2.24) is 9.55 Å². The third-order valence-electron chi connectivity index (χ3n) is 4.04. The average molecular weight is 263 g/mol. The van der Waals surface area contributed by atoms with E-state index in [1.807, 2.05) is 0 Å². The van der Waals surface area contributed by atoms with Gasteiger partial charge in [0, 0.05) is 24.5 Å². The zero-order valence-electron chi connectivity index (χ0n) is 11.1. The molecule has 2 saturated carbocycles. The van der Waals surface area contributed by atoms with Gasteiger partial charge in [-0.25, -0.2) is 4.98 Å². The summed E-state index contributed by atoms with van der Waals surface area (Å²) in [6, 6.07) is 0.360. The third kappa shape index (κ3) is 2.81. The first-order valence-electron chi connectivity index (χ1n) is 7.25. The van der Waals surface area contributed by atoms with Crippen molar-refractivity contribution in [2.45, 2.75) is 63.1 Å². The van der Waals surface area contributed by atoms with E-state index in [0.717, 1.165) is 38.5 Å². The van der Waals surface area contributed by atoms with Gasteiger partial charge in [-0.05, 0) is 32.1 Å². The van der Waals surface area contributed by atoms with Gasteiger partial charge in [-0.3, -0.25) is 4.79 Å². The molecular formula is C14H21N3O2. The molecule has 0 aromatic carbocycles. The molecule has 0 spiro atoms. The van der Waals surface area contributed by atoms with Gasteiger partial charge in [-0.1, -0.05) is 12.8 Å². The Kier molecular flexibility index (Phi) is 3.55. The van der Waals surface area contributed by atoms with Crippen molar-refractivity contribution in [2.24, 2.45) is 5.73 Å². The van der Waals surface area contributed by atoms with Crippen LogP contribution in [-0.4, -0.2) is 21.7 Å². The minimum atomic E-state index is -0.110. The summed E-state index contributed by atoms with van der Waals surface area (Å²) in [5, 5.41) is 0. The number of ether oxygens (including phenoxy) is 1. The molecule has 0 amide bonds. The van der Waals surface area contributed by atoms with Gasteiger partial charge in [0.2, 0.25) is 0 Å². The minimum Gasteiger partial charge on any atom is -0.469 e. The zero-order chi connectivity index (χ0) is 13.2. The number of rotatable bonds is 3. The normalized spacial score (nSPS) is 27.8. The molecule has 3 rings (SSSR count). The maximum absolute atomic E-state index is 12.3. The van der Waals surface area contributed by atoms with Crippen LogP contribution < -0.4 is 16.0 Å². The summed E-state index contributed by atoms with van der Waals surface area (Å²) >= 11 is 0. The second-order valence-corrected chi connectivity index (χ2v) is 5.63. The van der Waals surface area contributed by atoms with Gasteiger partial charge in [-0.15, -0.1) is 0 Å². The smallest absolute Gasteiger partial charge is 0.313 e. The van der Waals surface area contributed by atoms with Crippen LogP contribution in [0.2, 0.25) is 0 Å². The van der Waals surface area contributed by atoms with Crippen molar-refractivity contribution < 1.29 is 4.74 Å². The van der Waals surface area contributed by atoms with E-state index in [0.29, 0.717) is 6.04 Å². The summed E-state index contributed by atoms with van der Waals surface area (Å²) in [5.41, 5.74) is 6.02. The number of nitrogens with zero attached hydrogens (tertiary/aromatic N) is 2. The lowest BCUT2D eigenvalue weighted by atomic mass is 10.1. The highest BCUT2D eigenvalue weighted by Gasteiger charge is 2.27. The van der Waals surface area contributed by atoms with Crippen LogP contribution in [0, 0.1) is 0 Å². The highest BCUT2D eigenvalue weighted by molar-refractivity contribution is 5.08. The molecule has 2 fully saturated rings. The molecule has 5 heteroatoms. The van der Waals surface area contributed by atoms with Crippen LogP contribution in [0.25, 0.3) is 0 Å². The van der Waals surface area contributed by atoms with Crippen molar-refractivity contribution in [3.63, 3.8) is 0 Å². The molecule has 2 aliphatic carbocycles. The van der Waals surface area contributed by atoms with Gasteiger partial charge >= 0.3 is 5.56 Å². The van der Waals surface area contributed by atoms with Gasteiger partial charge in [0.15, 0.2) is 0 Å². The summed E-state index contributed by atoms with van der Waals surface area (Å²) in [6.45, 7) is 0. The largest absolute Gasteiger partial charge is 0.469 e. The Bertz CT molecular complexity index is 496. The summed E-state index contributed by atoms with van der Waals surface area (Å²) in [7, 11) is 0.